The van der Waals surface area contributed by atoms with Crippen LogP contribution < -0.4 is 19.5 Å². The number of benzene rings is 3. The molecule has 0 bridgehead atoms. The van der Waals surface area contributed by atoms with E-state index in [1.165, 1.54) is 0 Å². The second-order valence-electron chi connectivity index (χ2n) is 12.2. The van der Waals surface area contributed by atoms with Crippen molar-refractivity contribution in [3.8, 4) is 17.2 Å². The van der Waals surface area contributed by atoms with Crippen LogP contribution in [0.5, 0.6) is 17.2 Å². The normalized spacial score (nSPS) is 17.9. The zero-order chi connectivity index (χ0) is 35.6. The minimum atomic E-state index is -6.04. The van der Waals surface area contributed by atoms with E-state index in [1.807, 2.05) is 0 Å². The number of carbonyl (C=O) groups is 2. The number of nitrogens with one attached hydrogen (secondary N) is 1. The van der Waals surface area contributed by atoms with Gasteiger partial charge in [-0.15, -0.1) is 0 Å². The average Bonchev–Trinajstić information content (AvgIpc) is 3.61. The molecule has 1 atom stereocenters. The summed E-state index contributed by atoms with van der Waals surface area (Å²) in [6, 6.07) is 14.7. The number of unbranched alkanes of at least 4 members (excludes halogenated alkanes) is 1. The molecule has 1 unspecified atom stereocenters. The van der Waals surface area contributed by atoms with Crippen molar-refractivity contribution >= 4 is 11.9 Å². The van der Waals surface area contributed by atoms with Crippen LogP contribution in [0.3, 0.4) is 0 Å². The van der Waals surface area contributed by atoms with Gasteiger partial charge in [-0.3, -0.25) is 9.69 Å². The first-order valence-electron chi connectivity index (χ1n) is 15.8. The van der Waals surface area contributed by atoms with Crippen LogP contribution in [0.15, 0.2) is 60.7 Å². The fourth-order valence-corrected chi connectivity index (χ4v) is 6.05. The van der Waals surface area contributed by atoms with Gasteiger partial charge in [0.15, 0.2) is 11.5 Å². The van der Waals surface area contributed by atoms with E-state index >= 15 is 0 Å². The van der Waals surface area contributed by atoms with Crippen LogP contribution in [-0.4, -0.2) is 54.2 Å². The second kappa shape index (κ2) is 13.8. The standard InChI is InChI=1S/C35H36F6N2O6/c1-3-9-23-18-26(33(46,34(36,37)38)35(39,40)41)19-24(13-12-22-10-5-4-6-11-22)29(23)47-17-8-7-16-43-30(44)32(2,42-31(43)45)25-14-15-27-28(20-25)49-21-48-27/h4-6,10-11,14-15,18-20,46H,3,7-9,12-13,16-17,21H2,1-2H3,(H,42,45). The molecule has 2 aliphatic heterocycles. The molecule has 3 amide bonds. The third-order valence-corrected chi connectivity index (χ3v) is 8.77. The minimum Gasteiger partial charge on any atom is -0.493 e. The summed E-state index contributed by atoms with van der Waals surface area (Å²) in [7, 11) is 0. The topological polar surface area (TPSA) is 97.3 Å². The molecule has 14 heteroatoms. The van der Waals surface area contributed by atoms with Gasteiger partial charge in [0.1, 0.15) is 11.3 Å². The lowest BCUT2D eigenvalue weighted by atomic mass is 9.87. The first-order chi connectivity index (χ1) is 23.1. The van der Waals surface area contributed by atoms with Crippen molar-refractivity contribution in [2.75, 3.05) is 19.9 Å². The maximum absolute atomic E-state index is 13.9. The van der Waals surface area contributed by atoms with Gasteiger partial charge >= 0.3 is 18.4 Å². The lowest BCUT2D eigenvalue weighted by molar-refractivity contribution is -0.376. The predicted octanol–water partition coefficient (Wildman–Crippen LogP) is 7.09. The van der Waals surface area contributed by atoms with Crippen molar-refractivity contribution in [1.82, 2.24) is 10.2 Å². The SMILES string of the molecule is CCCc1cc(C(O)(C(F)(F)F)C(F)(F)F)cc(CCc2ccccc2)c1OCCCCN1C(=O)NC(C)(c2ccc3c(c2)OCO3)C1=O. The van der Waals surface area contributed by atoms with Crippen LogP contribution in [0.1, 0.15) is 60.9 Å². The van der Waals surface area contributed by atoms with Crippen LogP contribution in [0.2, 0.25) is 0 Å². The number of halogens is 6. The number of fused-ring (bicyclic) bond motifs is 1. The smallest absolute Gasteiger partial charge is 0.430 e. The van der Waals surface area contributed by atoms with E-state index in [-0.39, 0.29) is 56.1 Å². The largest absolute Gasteiger partial charge is 0.493 e. The molecule has 2 heterocycles. The first-order valence-corrected chi connectivity index (χ1v) is 15.8. The number of imide groups is 1. The van der Waals surface area contributed by atoms with Gasteiger partial charge in [0.25, 0.3) is 11.5 Å². The van der Waals surface area contributed by atoms with Gasteiger partial charge in [0, 0.05) is 12.1 Å². The summed E-state index contributed by atoms with van der Waals surface area (Å²) in [6.07, 6.45) is -10.7. The molecule has 1 saturated heterocycles. The molecule has 0 saturated carbocycles. The van der Waals surface area contributed by atoms with Gasteiger partial charge in [-0.05, 0) is 85.5 Å². The van der Waals surface area contributed by atoms with E-state index in [2.05, 4.69) is 5.32 Å². The van der Waals surface area contributed by atoms with Gasteiger partial charge in [0.05, 0.1) is 6.61 Å². The molecule has 49 heavy (non-hydrogen) atoms. The highest BCUT2D eigenvalue weighted by Gasteiger charge is 2.71. The fraction of sp³-hybridized carbons (Fsp3) is 0.429. The molecular weight excluding hydrogens is 658 g/mol. The zero-order valence-corrected chi connectivity index (χ0v) is 26.8. The number of ether oxygens (including phenoxy) is 3. The molecular formula is C35H36F6N2O6. The van der Waals surface area contributed by atoms with Crippen molar-refractivity contribution in [3.63, 3.8) is 0 Å². The van der Waals surface area contributed by atoms with Crippen molar-refractivity contribution < 1.29 is 55.2 Å². The Kier molecular flexibility index (Phi) is 10.1. The third kappa shape index (κ3) is 7.01. The van der Waals surface area contributed by atoms with Gasteiger partial charge in [0.2, 0.25) is 6.79 Å². The highest BCUT2D eigenvalue weighted by atomic mass is 19.4. The molecule has 5 rings (SSSR count). The van der Waals surface area contributed by atoms with E-state index in [4.69, 9.17) is 14.2 Å². The minimum absolute atomic E-state index is 0.000284. The van der Waals surface area contributed by atoms with E-state index in [0.29, 0.717) is 36.3 Å². The van der Waals surface area contributed by atoms with E-state index in [9.17, 15) is 41.0 Å². The molecule has 0 aromatic heterocycles. The number of aliphatic hydroxyl groups is 1. The Labute approximate surface area is 278 Å². The number of hydrogen-bond donors (Lipinski definition) is 2. The monoisotopic (exact) mass is 694 g/mol. The molecule has 0 radical (unpaired) electrons. The van der Waals surface area contributed by atoms with Crippen LogP contribution in [0.4, 0.5) is 31.1 Å². The molecule has 2 aliphatic rings. The quantitative estimate of drug-likeness (QED) is 0.113. The highest BCUT2D eigenvalue weighted by Crippen LogP contribution is 2.51. The van der Waals surface area contributed by atoms with Crippen LogP contribution in [-0.2, 0) is 35.2 Å². The van der Waals surface area contributed by atoms with E-state index in [0.717, 1.165) is 22.6 Å². The zero-order valence-electron chi connectivity index (χ0n) is 26.8. The predicted molar refractivity (Wildman–Crippen MR) is 165 cm³/mol. The Balaban J connectivity index is 1.32. The number of hydrogen-bond acceptors (Lipinski definition) is 6. The molecule has 8 nitrogen and oxygen atoms in total. The first kappa shape index (κ1) is 35.8. The summed E-state index contributed by atoms with van der Waals surface area (Å²) in [5, 5.41) is 13.0. The van der Waals surface area contributed by atoms with Crippen molar-refractivity contribution in [3.05, 3.63) is 88.5 Å². The van der Waals surface area contributed by atoms with Crippen molar-refractivity contribution in [1.29, 1.82) is 0 Å². The van der Waals surface area contributed by atoms with Crippen molar-refractivity contribution in [2.24, 2.45) is 0 Å². The number of carbonyl (C=O) groups excluding carboxylic acids is 2. The molecule has 0 aliphatic carbocycles. The molecule has 3 aromatic carbocycles. The maximum atomic E-state index is 13.9. The fourth-order valence-electron chi connectivity index (χ4n) is 6.05. The summed E-state index contributed by atoms with van der Waals surface area (Å²) in [4.78, 5) is 27.3. The number of alkyl halides is 6. The average molecular weight is 695 g/mol. The summed E-state index contributed by atoms with van der Waals surface area (Å²) < 4.78 is 100. The Bertz CT molecular complexity index is 1670. The van der Waals surface area contributed by atoms with Crippen molar-refractivity contribution in [2.45, 2.75) is 75.9 Å². The lowest BCUT2D eigenvalue weighted by Crippen LogP contribution is -2.54. The number of aryl methyl sites for hydroxylation is 3. The Morgan fingerprint density at radius 3 is 2.18 bits per heavy atom. The Hall–Kier alpha value is -4.46. The Morgan fingerprint density at radius 1 is 0.878 bits per heavy atom. The van der Waals surface area contributed by atoms with E-state index in [1.54, 1.807) is 62.4 Å². The molecule has 0 spiro atoms. The van der Waals surface area contributed by atoms with E-state index < -0.39 is 41.0 Å². The van der Waals surface area contributed by atoms with Crippen LogP contribution in [0.25, 0.3) is 0 Å². The van der Waals surface area contributed by atoms with Gasteiger partial charge in [-0.2, -0.15) is 26.3 Å². The number of nitrogens with zero attached hydrogens (tertiary/aromatic N) is 1. The maximum Gasteiger partial charge on any atom is 0.430 e. The summed E-state index contributed by atoms with van der Waals surface area (Å²) >= 11 is 0. The lowest BCUT2D eigenvalue weighted by Gasteiger charge is -2.33. The molecule has 2 N–H and O–H groups in total. The summed E-state index contributed by atoms with van der Waals surface area (Å²) in [6.45, 7) is 3.39. The van der Waals surface area contributed by atoms with Crippen LogP contribution in [0, 0.1) is 0 Å². The van der Waals surface area contributed by atoms with Gasteiger partial charge < -0.3 is 24.6 Å². The van der Waals surface area contributed by atoms with Gasteiger partial charge in [-0.1, -0.05) is 49.7 Å². The molecule has 1 fully saturated rings. The Morgan fingerprint density at radius 2 is 1.53 bits per heavy atom. The molecule has 264 valence electrons. The highest BCUT2D eigenvalue weighted by molar-refractivity contribution is 6.07. The number of amides is 3. The number of urea groups is 1. The summed E-state index contributed by atoms with van der Waals surface area (Å²) in [5.41, 5.74) is -6.24. The number of rotatable bonds is 13. The third-order valence-electron chi connectivity index (χ3n) is 8.77. The van der Waals surface area contributed by atoms with Crippen LogP contribution >= 0.6 is 0 Å². The second-order valence-corrected chi connectivity index (χ2v) is 12.2. The summed E-state index contributed by atoms with van der Waals surface area (Å²) in [5.74, 6) is 0.663. The van der Waals surface area contributed by atoms with Gasteiger partial charge in [-0.25, -0.2) is 4.79 Å². The molecule has 3 aromatic rings.